The maximum atomic E-state index is 3.50. The van der Waals surface area contributed by atoms with E-state index in [0.717, 1.165) is 17.4 Å². The van der Waals surface area contributed by atoms with Gasteiger partial charge in [0.1, 0.15) is 0 Å². The summed E-state index contributed by atoms with van der Waals surface area (Å²) in [5, 5.41) is 3.35. The highest BCUT2D eigenvalue weighted by molar-refractivity contribution is 9.10. The van der Waals surface area contributed by atoms with Crippen molar-refractivity contribution in [3.05, 3.63) is 34.3 Å². The Morgan fingerprint density at radius 3 is 2.74 bits per heavy atom. The first-order valence-corrected chi connectivity index (χ1v) is 8.15. The highest BCUT2D eigenvalue weighted by Gasteiger charge is 2.25. The smallest absolute Gasteiger partial charge is 0.0223 e. The molecule has 2 rings (SSSR count). The van der Waals surface area contributed by atoms with Crippen molar-refractivity contribution < 1.29 is 0 Å². The van der Waals surface area contributed by atoms with Gasteiger partial charge in [-0.3, -0.25) is 4.90 Å². The van der Waals surface area contributed by atoms with Crippen molar-refractivity contribution in [2.24, 2.45) is 0 Å². The van der Waals surface area contributed by atoms with Gasteiger partial charge in [0.15, 0.2) is 0 Å². The molecule has 0 bridgehead atoms. The Labute approximate surface area is 125 Å². The molecule has 1 fully saturated rings. The molecule has 1 N–H and O–H groups in total. The second-order valence-electron chi connectivity index (χ2n) is 5.62. The minimum Gasteiger partial charge on any atom is -0.318 e. The van der Waals surface area contributed by atoms with Gasteiger partial charge in [0, 0.05) is 23.1 Å². The Hall–Kier alpha value is -0.380. The largest absolute Gasteiger partial charge is 0.318 e. The Bertz CT molecular complexity index is 375. The number of nitrogens with zero attached hydrogens (tertiary/aromatic N) is 1. The molecule has 1 aromatic rings. The number of likely N-dealkylation sites (tertiary alicyclic amines) is 1. The molecule has 0 aromatic heterocycles. The number of halogens is 1. The summed E-state index contributed by atoms with van der Waals surface area (Å²) >= 11 is 3.50. The van der Waals surface area contributed by atoms with Crippen LogP contribution in [0.15, 0.2) is 28.7 Å². The number of rotatable bonds is 5. The Kier molecular flexibility index (Phi) is 5.86. The van der Waals surface area contributed by atoms with Gasteiger partial charge in [-0.1, -0.05) is 34.5 Å². The van der Waals surface area contributed by atoms with Crippen molar-refractivity contribution in [2.45, 2.75) is 44.7 Å². The fourth-order valence-electron chi connectivity index (χ4n) is 3.14. The summed E-state index contributed by atoms with van der Waals surface area (Å²) in [5.74, 6) is 0. The number of hydrogen-bond donors (Lipinski definition) is 1. The third-order valence-corrected chi connectivity index (χ3v) is 4.65. The first-order valence-electron chi connectivity index (χ1n) is 7.35. The van der Waals surface area contributed by atoms with Crippen LogP contribution in [0.4, 0.5) is 0 Å². The number of benzene rings is 1. The van der Waals surface area contributed by atoms with Gasteiger partial charge in [-0.2, -0.15) is 0 Å². The van der Waals surface area contributed by atoms with Gasteiger partial charge in [0.2, 0.25) is 0 Å². The van der Waals surface area contributed by atoms with Crippen LogP contribution in [0.3, 0.4) is 0 Å². The van der Waals surface area contributed by atoms with E-state index in [0.29, 0.717) is 12.1 Å². The van der Waals surface area contributed by atoms with E-state index in [9.17, 15) is 0 Å². The number of piperidine rings is 1. The van der Waals surface area contributed by atoms with Crippen LogP contribution in [-0.2, 0) is 6.42 Å². The molecule has 0 aliphatic carbocycles. The molecule has 19 heavy (non-hydrogen) atoms. The molecular weight excluding hydrogens is 300 g/mol. The van der Waals surface area contributed by atoms with Crippen LogP contribution >= 0.6 is 15.9 Å². The molecule has 1 aliphatic heterocycles. The molecule has 1 saturated heterocycles. The fraction of sp³-hybridized carbons (Fsp3) is 0.625. The van der Waals surface area contributed by atoms with Crippen molar-refractivity contribution in [3.8, 4) is 0 Å². The van der Waals surface area contributed by atoms with Crippen molar-refractivity contribution in [2.75, 3.05) is 20.1 Å². The second-order valence-corrected chi connectivity index (χ2v) is 6.54. The van der Waals surface area contributed by atoms with Crippen molar-refractivity contribution >= 4 is 15.9 Å². The molecule has 1 aliphatic rings. The molecule has 1 aromatic carbocycles. The van der Waals surface area contributed by atoms with E-state index in [2.05, 4.69) is 64.4 Å². The molecule has 1 heterocycles. The molecule has 2 unspecified atom stereocenters. The Morgan fingerprint density at radius 1 is 1.32 bits per heavy atom. The van der Waals surface area contributed by atoms with Gasteiger partial charge < -0.3 is 5.32 Å². The lowest BCUT2D eigenvalue weighted by molar-refractivity contribution is 0.103. The minimum atomic E-state index is 0.625. The standard InChI is InChI=1S/C16H25BrN2/c1-13(11-14-6-8-15(17)9-7-14)19-10-4-3-5-16(19)12-18-2/h6-9,13,16,18H,3-5,10-12H2,1-2H3. The first-order chi connectivity index (χ1) is 9.20. The summed E-state index contributed by atoms with van der Waals surface area (Å²) in [6.45, 7) is 4.74. The summed E-state index contributed by atoms with van der Waals surface area (Å²) in [6, 6.07) is 10.1. The zero-order valence-corrected chi connectivity index (χ0v) is 13.6. The number of hydrogen-bond acceptors (Lipinski definition) is 2. The van der Waals surface area contributed by atoms with E-state index in [4.69, 9.17) is 0 Å². The normalized spacial score (nSPS) is 22.4. The lowest BCUT2D eigenvalue weighted by Crippen LogP contribution is -2.49. The van der Waals surface area contributed by atoms with E-state index < -0.39 is 0 Å². The van der Waals surface area contributed by atoms with Crippen LogP contribution in [-0.4, -0.2) is 37.1 Å². The lowest BCUT2D eigenvalue weighted by atomic mass is 9.97. The van der Waals surface area contributed by atoms with Crippen molar-refractivity contribution in [1.29, 1.82) is 0 Å². The van der Waals surface area contributed by atoms with E-state index in [1.165, 1.54) is 31.4 Å². The van der Waals surface area contributed by atoms with Crippen molar-refractivity contribution in [3.63, 3.8) is 0 Å². The lowest BCUT2D eigenvalue weighted by Gasteiger charge is -2.40. The Morgan fingerprint density at radius 2 is 2.05 bits per heavy atom. The third-order valence-electron chi connectivity index (χ3n) is 4.12. The van der Waals surface area contributed by atoms with Crippen LogP contribution in [0.5, 0.6) is 0 Å². The first kappa shape index (κ1) is 15.0. The summed E-state index contributed by atoms with van der Waals surface area (Å²) < 4.78 is 1.16. The predicted octanol–water partition coefficient (Wildman–Crippen LogP) is 3.45. The molecule has 0 spiro atoms. The van der Waals surface area contributed by atoms with Crippen LogP contribution < -0.4 is 5.32 Å². The van der Waals surface area contributed by atoms with E-state index in [1.807, 2.05) is 0 Å². The number of likely N-dealkylation sites (N-methyl/N-ethyl adjacent to an activating group) is 1. The average Bonchev–Trinajstić information content (AvgIpc) is 2.42. The average molecular weight is 325 g/mol. The molecule has 0 radical (unpaired) electrons. The van der Waals surface area contributed by atoms with Gasteiger partial charge >= 0.3 is 0 Å². The predicted molar refractivity (Wildman–Crippen MR) is 85.6 cm³/mol. The highest BCUT2D eigenvalue weighted by Crippen LogP contribution is 2.21. The summed E-state index contributed by atoms with van der Waals surface area (Å²) in [6.07, 6.45) is 5.22. The fourth-order valence-corrected chi connectivity index (χ4v) is 3.40. The SMILES string of the molecule is CNCC1CCCCN1C(C)Cc1ccc(Br)cc1. The summed E-state index contributed by atoms with van der Waals surface area (Å²) in [7, 11) is 2.06. The van der Waals surface area contributed by atoms with Crippen LogP contribution in [0.25, 0.3) is 0 Å². The molecule has 2 nitrogen and oxygen atoms in total. The number of nitrogens with one attached hydrogen (secondary N) is 1. The van der Waals surface area contributed by atoms with Gasteiger partial charge in [-0.15, -0.1) is 0 Å². The maximum absolute atomic E-state index is 3.50. The summed E-state index contributed by atoms with van der Waals surface area (Å²) in [5.41, 5.74) is 1.43. The maximum Gasteiger partial charge on any atom is 0.0223 e. The third kappa shape index (κ3) is 4.30. The van der Waals surface area contributed by atoms with Gasteiger partial charge in [0.05, 0.1) is 0 Å². The monoisotopic (exact) mass is 324 g/mol. The van der Waals surface area contributed by atoms with Gasteiger partial charge in [-0.25, -0.2) is 0 Å². The van der Waals surface area contributed by atoms with E-state index in [-0.39, 0.29) is 0 Å². The van der Waals surface area contributed by atoms with Crippen LogP contribution in [0.2, 0.25) is 0 Å². The van der Waals surface area contributed by atoms with Gasteiger partial charge in [-0.05, 0) is 57.5 Å². The van der Waals surface area contributed by atoms with Gasteiger partial charge in [0.25, 0.3) is 0 Å². The zero-order chi connectivity index (χ0) is 13.7. The highest BCUT2D eigenvalue weighted by atomic mass is 79.9. The quantitative estimate of drug-likeness (QED) is 0.892. The van der Waals surface area contributed by atoms with Crippen LogP contribution in [0, 0.1) is 0 Å². The summed E-state index contributed by atoms with van der Waals surface area (Å²) in [4.78, 5) is 2.70. The van der Waals surface area contributed by atoms with E-state index >= 15 is 0 Å². The molecule has 3 heteroatoms. The Balaban J connectivity index is 1.96. The minimum absolute atomic E-state index is 0.625. The molecule has 0 amide bonds. The van der Waals surface area contributed by atoms with E-state index in [1.54, 1.807) is 0 Å². The molecular formula is C16H25BrN2. The zero-order valence-electron chi connectivity index (χ0n) is 12.0. The molecule has 0 saturated carbocycles. The van der Waals surface area contributed by atoms with Crippen molar-refractivity contribution in [1.82, 2.24) is 10.2 Å². The molecule has 2 atom stereocenters. The van der Waals surface area contributed by atoms with Crippen LogP contribution in [0.1, 0.15) is 31.7 Å². The topological polar surface area (TPSA) is 15.3 Å². The molecule has 106 valence electrons. The second kappa shape index (κ2) is 7.41.